The number of aliphatic hydroxyl groups excluding tert-OH is 1. The molecule has 2 heterocycles. The van der Waals surface area contributed by atoms with E-state index >= 15 is 0 Å². The van der Waals surface area contributed by atoms with Crippen molar-refractivity contribution in [2.75, 3.05) is 39.8 Å². The lowest BCUT2D eigenvalue weighted by molar-refractivity contribution is 0.0771. The molecular weight excluding hydrogens is 332 g/mol. The molecule has 26 heavy (non-hydrogen) atoms. The third-order valence-corrected chi connectivity index (χ3v) is 5.37. The monoisotopic (exact) mass is 358 g/mol. The van der Waals surface area contributed by atoms with E-state index in [4.69, 9.17) is 0 Å². The van der Waals surface area contributed by atoms with Crippen molar-refractivity contribution in [2.24, 2.45) is 18.9 Å². The van der Waals surface area contributed by atoms with Gasteiger partial charge in [0, 0.05) is 39.2 Å². The Morgan fingerprint density at radius 3 is 2.69 bits per heavy atom. The van der Waals surface area contributed by atoms with E-state index in [1.54, 1.807) is 18.0 Å². The van der Waals surface area contributed by atoms with E-state index in [9.17, 15) is 14.7 Å². The van der Waals surface area contributed by atoms with Crippen molar-refractivity contribution in [1.82, 2.24) is 19.4 Å². The van der Waals surface area contributed by atoms with Crippen LogP contribution in [0.3, 0.4) is 0 Å². The molecule has 1 N–H and O–H groups in total. The van der Waals surface area contributed by atoms with Gasteiger partial charge in [0.05, 0.1) is 11.0 Å². The smallest absolute Gasteiger partial charge is 0.282 e. The van der Waals surface area contributed by atoms with E-state index in [1.165, 1.54) is 4.57 Å². The summed E-state index contributed by atoms with van der Waals surface area (Å²) in [5.41, 5.74) is 0.889. The number of aromatic nitrogens is 2. The average Bonchev–Trinajstić information content (AvgIpc) is 3.06. The fourth-order valence-electron chi connectivity index (χ4n) is 3.62. The van der Waals surface area contributed by atoms with Gasteiger partial charge in [-0.15, -0.1) is 0 Å². The number of fused-ring (bicyclic) bond motifs is 1. The maximum Gasteiger partial charge on any atom is 0.282 e. The lowest BCUT2D eigenvalue weighted by Gasteiger charge is -2.22. The normalized spacial score (nSPS) is 20.3. The van der Waals surface area contributed by atoms with Crippen molar-refractivity contribution in [3.8, 4) is 0 Å². The van der Waals surface area contributed by atoms with Gasteiger partial charge in [-0.25, -0.2) is 4.98 Å². The predicted octanol–water partition coefficient (Wildman–Crippen LogP) is 0.566. The lowest BCUT2D eigenvalue weighted by atomic mass is 9.96. The van der Waals surface area contributed by atoms with Crippen molar-refractivity contribution in [1.29, 1.82) is 0 Å². The average molecular weight is 358 g/mol. The summed E-state index contributed by atoms with van der Waals surface area (Å²) in [5.74, 6) is -0.132. The van der Waals surface area contributed by atoms with Crippen LogP contribution in [0.4, 0.5) is 0 Å². The molecule has 2 aromatic rings. The minimum atomic E-state index is -0.386. The van der Waals surface area contributed by atoms with Gasteiger partial charge in [0.1, 0.15) is 0 Å². The number of para-hydroxylation sites is 2. The van der Waals surface area contributed by atoms with E-state index in [-0.39, 0.29) is 35.6 Å². The summed E-state index contributed by atoms with van der Waals surface area (Å²) in [4.78, 5) is 33.8. The van der Waals surface area contributed by atoms with Crippen molar-refractivity contribution >= 4 is 16.9 Å². The Morgan fingerprint density at radius 2 is 2.00 bits per heavy atom. The Hall–Kier alpha value is -2.25. The first-order valence-electron chi connectivity index (χ1n) is 9.00. The first-order valence-corrected chi connectivity index (χ1v) is 9.00. The van der Waals surface area contributed by atoms with Gasteiger partial charge in [-0.3, -0.25) is 9.59 Å². The minimum Gasteiger partial charge on any atom is -0.396 e. The second-order valence-corrected chi connectivity index (χ2v) is 7.08. The maximum absolute atomic E-state index is 13.0. The van der Waals surface area contributed by atoms with Crippen LogP contribution in [0.15, 0.2) is 29.1 Å². The number of benzene rings is 1. The van der Waals surface area contributed by atoms with E-state index in [2.05, 4.69) is 16.8 Å². The number of hydrogen-bond acceptors (Lipinski definition) is 5. The summed E-state index contributed by atoms with van der Waals surface area (Å²) in [6.45, 7) is 4.83. The number of likely N-dealkylation sites (tertiary alicyclic amines) is 1. The Labute approximate surface area is 152 Å². The van der Waals surface area contributed by atoms with Crippen LogP contribution in [0.2, 0.25) is 0 Å². The molecule has 1 fully saturated rings. The highest BCUT2D eigenvalue weighted by Gasteiger charge is 2.36. The van der Waals surface area contributed by atoms with Crippen LogP contribution in [0.1, 0.15) is 17.4 Å². The van der Waals surface area contributed by atoms with E-state index in [0.29, 0.717) is 24.1 Å². The number of rotatable bonds is 5. The van der Waals surface area contributed by atoms with Crippen LogP contribution < -0.4 is 5.56 Å². The maximum atomic E-state index is 13.0. The second kappa shape index (κ2) is 7.55. The van der Waals surface area contributed by atoms with E-state index in [0.717, 1.165) is 13.1 Å². The quantitative estimate of drug-likeness (QED) is 0.845. The standard InChI is InChI=1S/C19H26N4O3/c1-4-21(2)9-13-10-23(11-14(13)12-24)19(26)17-18(25)22(3)16-8-6-5-7-15(16)20-17/h5-8,13-14,24H,4,9-12H2,1-3H3/t13-,14-/m1/s1. The number of nitrogens with zero attached hydrogens (tertiary/aromatic N) is 4. The molecule has 1 saturated heterocycles. The molecule has 3 rings (SSSR count). The number of amides is 1. The van der Waals surface area contributed by atoms with Crippen LogP contribution in [0.5, 0.6) is 0 Å². The molecule has 7 heteroatoms. The highest BCUT2D eigenvalue weighted by molar-refractivity contribution is 5.94. The number of aryl methyl sites for hydroxylation is 1. The number of carbonyl (C=O) groups excluding carboxylic acids is 1. The highest BCUT2D eigenvalue weighted by atomic mass is 16.3. The van der Waals surface area contributed by atoms with Crippen LogP contribution in [0, 0.1) is 11.8 Å². The molecule has 2 atom stereocenters. The summed E-state index contributed by atoms with van der Waals surface area (Å²) < 4.78 is 1.47. The van der Waals surface area contributed by atoms with Gasteiger partial charge in [-0.2, -0.15) is 0 Å². The minimum absolute atomic E-state index is 0.0252. The third kappa shape index (κ3) is 3.37. The van der Waals surface area contributed by atoms with Crippen LogP contribution >= 0.6 is 0 Å². The van der Waals surface area contributed by atoms with Crippen LogP contribution in [-0.4, -0.2) is 70.2 Å². The molecule has 1 amide bonds. The number of aliphatic hydroxyl groups is 1. The first-order chi connectivity index (χ1) is 12.5. The zero-order chi connectivity index (χ0) is 18.8. The molecular formula is C19H26N4O3. The second-order valence-electron chi connectivity index (χ2n) is 7.08. The van der Waals surface area contributed by atoms with Gasteiger partial charge >= 0.3 is 0 Å². The van der Waals surface area contributed by atoms with Crippen molar-refractivity contribution in [3.05, 3.63) is 40.3 Å². The third-order valence-electron chi connectivity index (χ3n) is 5.37. The van der Waals surface area contributed by atoms with Crippen molar-refractivity contribution < 1.29 is 9.90 Å². The van der Waals surface area contributed by atoms with Gasteiger partial charge in [0.15, 0.2) is 5.69 Å². The molecule has 0 radical (unpaired) electrons. The summed E-state index contributed by atoms with van der Waals surface area (Å²) in [6, 6.07) is 7.28. The molecule has 0 aliphatic carbocycles. The van der Waals surface area contributed by atoms with E-state index in [1.807, 2.05) is 25.2 Å². The van der Waals surface area contributed by atoms with Crippen LogP contribution in [-0.2, 0) is 7.05 Å². The zero-order valence-corrected chi connectivity index (χ0v) is 15.6. The number of hydrogen-bond donors (Lipinski definition) is 1. The molecule has 0 spiro atoms. The lowest BCUT2D eigenvalue weighted by Crippen LogP contribution is -2.37. The Balaban J connectivity index is 1.89. The molecule has 0 bridgehead atoms. The Morgan fingerprint density at radius 1 is 1.31 bits per heavy atom. The molecule has 0 saturated carbocycles. The molecule has 1 aromatic carbocycles. The summed E-state index contributed by atoms with van der Waals surface area (Å²) in [6.07, 6.45) is 0. The van der Waals surface area contributed by atoms with Crippen LogP contribution in [0.25, 0.3) is 11.0 Å². The molecule has 1 aromatic heterocycles. The van der Waals surface area contributed by atoms with E-state index < -0.39 is 0 Å². The Bertz CT molecular complexity index is 863. The molecule has 1 aliphatic rings. The fourth-order valence-corrected chi connectivity index (χ4v) is 3.62. The summed E-state index contributed by atoms with van der Waals surface area (Å²) in [7, 11) is 3.68. The van der Waals surface area contributed by atoms with Gasteiger partial charge in [0.2, 0.25) is 0 Å². The largest absolute Gasteiger partial charge is 0.396 e. The van der Waals surface area contributed by atoms with Gasteiger partial charge < -0.3 is 19.5 Å². The molecule has 0 unspecified atom stereocenters. The SMILES string of the molecule is CCN(C)C[C@@H]1CN(C(=O)c2nc3ccccc3n(C)c2=O)C[C@@H]1CO. The molecule has 1 aliphatic heterocycles. The zero-order valence-electron chi connectivity index (χ0n) is 15.6. The first kappa shape index (κ1) is 18.5. The predicted molar refractivity (Wildman–Crippen MR) is 100 cm³/mol. The molecule has 140 valence electrons. The van der Waals surface area contributed by atoms with Crippen molar-refractivity contribution in [3.63, 3.8) is 0 Å². The van der Waals surface area contributed by atoms with Gasteiger partial charge in [0.25, 0.3) is 11.5 Å². The highest BCUT2D eigenvalue weighted by Crippen LogP contribution is 2.25. The van der Waals surface area contributed by atoms with Gasteiger partial charge in [-0.1, -0.05) is 19.1 Å². The van der Waals surface area contributed by atoms with Crippen molar-refractivity contribution in [2.45, 2.75) is 6.92 Å². The number of carbonyl (C=O) groups is 1. The summed E-state index contributed by atoms with van der Waals surface area (Å²) >= 11 is 0. The topological polar surface area (TPSA) is 78.7 Å². The van der Waals surface area contributed by atoms with Gasteiger partial charge in [-0.05, 0) is 31.6 Å². The Kier molecular flexibility index (Phi) is 5.38. The summed E-state index contributed by atoms with van der Waals surface area (Å²) in [5, 5.41) is 9.69. The molecule has 7 nitrogen and oxygen atoms in total. The fraction of sp³-hybridized carbons (Fsp3) is 0.526.